The second kappa shape index (κ2) is 8.40. The molecule has 3 aromatic rings. The van der Waals surface area contributed by atoms with Crippen molar-refractivity contribution in [3.8, 4) is 0 Å². The first-order valence-corrected chi connectivity index (χ1v) is 10.5. The van der Waals surface area contributed by atoms with E-state index in [9.17, 15) is 19.7 Å². The normalized spacial score (nSPS) is 15.9. The molecule has 158 valence electrons. The maximum atomic E-state index is 12.6. The molecule has 2 heterocycles. The summed E-state index contributed by atoms with van der Waals surface area (Å²) in [7, 11) is 0. The maximum Gasteiger partial charge on any atom is 0.285 e. The van der Waals surface area contributed by atoms with Crippen LogP contribution in [0.4, 0.5) is 16.5 Å². The Hall–Kier alpha value is -3.37. The second-order valence-corrected chi connectivity index (χ2v) is 8.46. The highest BCUT2D eigenvalue weighted by Crippen LogP contribution is 2.35. The lowest BCUT2D eigenvalue weighted by Crippen LogP contribution is -2.24. The van der Waals surface area contributed by atoms with Gasteiger partial charge in [0.15, 0.2) is 0 Å². The molecule has 9 nitrogen and oxygen atoms in total. The number of hydrogen-bond acceptors (Lipinski definition) is 7. The number of amides is 2. The Kier molecular flexibility index (Phi) is 5.66. The van der Waals surface area contributed by atoms with Crippen LogP contribution in [0.25, 0.3) is 0 Å². The van der Waals surface area contributed by atoms with Gasteiger partial charge in [-0.15, -0.1) is 10.2 Å². The van der Waals surface area contributed by atoms with Crippen molar-refractivity contribution in [3.05, 3.63) is 73.7 Å². The minimum atomic E-state index is -0.636. The summed E-state index contributed by atoms with van der Waals surface area (Å²) in [6.45, 7) is 2.01. The topological polar surface area (TPSA) is 118 Å². The monoisotopic (exact) mass is 457 g/mol. The number of rotatable bonds is 5. The van der Waals surface area contributed by atoms with Crippen LogP contribution in [0.2, 0.25) is 5.02 Å². The lowest BCUT2D eigenvalue weighted by molar-refractivity contribution is -0.385. The van der Waals surface area contributed by atoms with E-state index in [1.165, 1.54) is 6.07 Å². The van der Waals surface area contributed by atoms with Crippen LogP contribution in [0.1, 0.15) is 33.3 Å². The number of benzene rings is 2. The van der Waals surface area contributed by atoms with Gasteiger partial charge in [0.2, 0.25) is 11.0 Å². The molecule has 1 aliphatic rings. The van der Waals surface area contributed by atoms with E-state index in [2.05, 4.69) is 15.5 Å². The molecule has 0 radical (unpaired) electrons. The summed E-state index contributed by atoms with van der Waals surface area (Å²) in [4.78, 5) is 37.5. The van der Waals surface area contributed by atoms with E-state index in [1.807, 2.05) is 0 Å². The van der Waals surface area contributed by atoms with Crippen molar-refractivity contribution < 1.29 is 14.5 Å². The summed E-state index contributed by atoms with van der Waals surface area (Å²) < 4.78 is 0. The zero-order valence-corrected chi connectivity index (χ0v) is 17.8. The predicted molar refractivity (Wildman–Crippen MR) is 117 cm³/mol. The number of carbonyl (C=O) groups excluding carboxylic acids is 2. The number of para-hydroxylation sites is 1. The third-order valence-electron chi connectivity index (χ3n) is 4.94. The van der Waals surface area contributed by atoms with Crippen LogP contribution in [0.5, 0.6) is 0 Å². The minimum absolute atomic E-state index is 0.0384. The lowest BCUT2D eigenvalue weighted by Gasteiger charge is -2.16. The van der Waals surface area contributed by atoms with Crippen LogP contribution in [0, 0.1) is 17.0 Å². The molecule has 1 saturated heterocycles. The first kappa shape index (κ1) is 20.9. The number of nitrogens with one attached hydrogen (secondary N) is 1. The van der Waals surface area contributed by atoms with Gasteiger partial charge >= 0.3 is 0 Å². The molecule has 1 fully saturated rings. The number of nitro benzene ring substituents is 1. The van der Waals surface area contributed by atoms with Gasteiger partial charge in [0, 0.05) is 35.2 Å². The van der Waals surface area contributed by atoms with Gasteiger partial charge in [-0.3, -0.25) is 25.0 Å². The van der Waals surface area contributed by atoms with Crippen molar-refractivity contribution in [2.45, 2.75) is 19.3 Å². The van der Waals surface area contributed by atoms with E-state index in [0.29, 0.717) is 22.1 Å². The largest absolute Gasteiger partial charge is 0.312 e. The fraction of sp³-hybridized carbons (Fsp3) is 0.200. The first-order chi connectivity index (χ1) is 14.8. The van der Waals surface area contributed by atoms with Gasteiger partial charge in [-0.05, 0) is 37.3 Å². The molecule has 4 rings (SSSR count). The molecule has 11 heteroatoms. The molecule has 0 aliphatic carbocycles. The average Bonchev–Trinajstić information content (AvgIpc) is 3.34. The molecule has 1 aliphatic heterocycles. The number of carbonyl (C=O) groups is 2. The van der Waals surface area contributed by atoms with E-state index in [0.717, 1.165) is 17.0 Å². The highest BCUT2D eigenvalue weighted by atomic mass is 35.5. The second-order valence-electron chi connectivity index (χ2n) is 7.01. The van der Waals surface area contributed by atoms with E-state index < -0.39 is 10.8 Å². The first-order valence-electron chi connectivity index (χ1n) is 9.28. The van der Waals surface area contributed by atoms with Gasteiger partial charge in [-0.1, -0.05) is 35.1 Å². The van der Waals surface area contributed by atoms with Crippen molar-refractivity contribution in [1.29, 1.82) is 0 Å². The highest BCUT2D eigenvalue weighted by molar-refractivity contribution is 7.15. The van der Waals surface area contributed by atoms with Crippen LogP contribution >= 0.6 is 22.9 Å². The van der Waals surface area contributed by atoms with E-state index >= 15 is 0 Å². The van der Waals surface area contributed by atoms with E-state index in [-0.39, 0.29) is 34.6 Å². The Labute approximate surface area is 185 Å². The summed E-state index contributed by atoms with van der Waals surface area (Å²) in [6.07, 6.45) is 0.272. The summed E-state index contributed by atoms with van der Waals surface area (Å²) in [6, 6.07) is 11.6. The zero-order chi connectivity index (χ0) is 22.1. The summed E-state index contributed by atoms with van der Waals surface area (Å²) in [5.74, 6) is -0.841. The molecule has 0 saturated carbocycles. The molecule has 1 unspecified atom stereocenters. The molecule has 1 aromatic heterocycles. The zero-order valence-electron chi connectivity index (χ0n) is 16.2. The van der Waals surface area contributed by atoms with Crippen LogP contribution in [-0.2, 0) is 4.79 Å². The number of hydrogen-bond donors (Lipinski definition) is 1. The van der Waals surface area contributed by atoms with Gasteiger partial charge in [-0.2, -0.15) is 0 Å². The number of anilines is 2. The Morgan fingerprint density at radius 2 is 2.00 bits per heavy atom. The summed E-state index contributed by atoms with van der Waals surface area (Å²) in [5.41, 5.74) is 0.848. The van der Waals surface area contributed by atoms with Crippen molar-refractivity contribution >= 4 is 51.3 Å². The maximum absolute atomic E-state index is 12.6. The lowest BCUT2D eigenvalue weighted by atomic mass is 10.1. The highest BCUT2D eigenvalue weighted by Gasteiger charge is 2.34. The Morgan fingerprint density at radius 1 is 1.26 bits per heavy atom. The molecule has 1 atom stereocenters. The molecule has 31 heavy (non-hydrogen) atoms. The van der Waals surface area contributed by atoms with Crippen LogP contribution in [0.3, 0.4) is 0 Å². The molecular formula is C20H16ClN5O4S. The average molecular weight is 458 g/mol. The standard InChI is InChI=1S/C20H16ClN5O4S/c1-11-3-2-4-15(17(11)26(29)30)18(28)22-20-24-23-19(31-20)12-9-16(27)25(10-12)14-7-5-13(21)6-8-14/h2-8,12H,9-10H2,1H3,(H,22,24,28). The van der Waals surface area contributed by atoms with Gasteiger partial charge in [0.25, 0.3) is 11.6 Å². The van der Waals surface area contributed by atoms with Crippen molar-refractivity contribution in [3.63, 3.8) is 0 Å². The van der Waals surface area contributed by atoms with Crippen LogP contribution in [-0.4, -0.2) is 33.5 Å². The molecule has 0 bridgehead atoms. The number of nitro groups is 1. The van der Waals surface area contributed by atoms with Crippen LogP contribution < -0.4 is 10.2 Å². The van der Waals surface area contributed by atoms with Crippen molar-refractivity contribution in [1.82, 2.24) is 10.2 Å². The van der Waals surface area contributed by atoms with E-state index in [1.54, 1.807) is 48.2 Å². The minimum Gasteiger partial charge on any atom is -0.312 e. The fourth-order valence-electron chi connectivity index (χ4n) is 3.44. The Balaban J connectivity index is 1.49. The van der Waals surface area contributed by atoms with Gasteiger partial charge in [0.1, 0.15) is 10.6 Å². The van der Waals surface area contributed by atoms with Crippen molar-refractivity contribution in [2.24, 2.45) is 0 Å². The quantitative estimate of drug-likeness (QED) is 0.453. The number of nitrogens with zero attached hydrogens (tertiary/aromatic N) is 4. The molecule has 0 spiro atoms. The predicted octanol–water partition coefficient (Wildman–Crippen LogP) is 4.18. The molecule has 2 aromatic carbocycles. The van der Waals surface area contributed by atoms with E-state index in [4.69, 9.17) is 11.6 Å². The fourth-order valence-corrected chi connectivity index (χ4v) is 4.40. The smallest absolute Gasteiger partial charge is 0.285 e. The summed E-state index contributed by atoms with van der Waals surface area (Å²) >= 11 is 7.06. The van der Waals surface area contributed by atoms with Gasteiger partial charge in [-0.25, -0.2) is 0 Å². The number of aryl methyl sites for hydroxylation is 1. The molecular weight excluding hydrogens is 442 g/mol. The van der Waals surface area contributed by atoms with Gasteiger partial charge < -0.3 is 4.90 Å². The molecule has 2 amide bonds. The Morgan fingerprint density at radius 3 is 2.71 bits per heavy atom. The third kappa shape index (κ3) is 4.25. The third-order valence-corrected chi connectivity index (χ3v) is 6.19. The number of halogens is 1. The SMILES string of the molecule is Cc1cccc(C(=O)Nc2nnc(C3CC(=O)N(c4ccc(Cl)cc4)C3)s2)c1[N+](=O)[O-]. The molecule has 1 N–H and O–H groups in total. The number of aromatic nitrogens is 2. The van der Waals surface area contributed by atoms with Gasteiger partial charge in [0.05, 0.1) is 4.92 Å². The van der Waals surface area contributed by atoms with Crippen molar-refractivity contribution in [2.75, 3.05) is 16.8 Å². The van der Waals surface area contributed by atoms with Crippen LogP contribution in [0.15, 0.2) is 42.5 Å². The summed E-state index contributed by atoms with van der Waals surface area (Å²) in [5, 5.41) is 23.4. The Bertz CT molecular complexity index is 1180.